The molecule has 0 saturated heterocycles. The number of nitrogens with two attached hydrogens (primary N) is 1. The molecule has 0 unspecified atom stereocenters. The lowest BCUT2D eigenvalue weighted by atomic mass is 10.2. The van der Waals surface area contributed by atoms with Crippen LogP contribution >= 0.6 is 0 Å². The van der Waals surface area contributed by atoms with Crippen LogP contribution in [0.4, 0.5) is 4.39 Å². The van der Waals surface area contributed by atoms with Crippen molar-refractivity contribution in [3.8, 4) is 0 Å². The summed E-state index contributed by atoms with van der Waals surface area (Å²) in [6.07, 6.45) is -0.561. The van der Waals surface area contributed by atoms with Crippen LogP contribution in [-0.2, 0) is 11.3 Å². The summed E-state index contributed by atoms with van der Waals surface area (Å²) in [5.74, 6) is 0. The second-order valence-corrected chi connectivity index (χ2v) is 3.16. The molecular formula is C11H16FNO. The first-order chi connectivity index (χ1) is 6.83. The van der Waals surface area contributed by atoms with Gasteiger partial charge in [0, 0.05) is 19.6 Å². The number of hydrogen-bond donors (Lipinski definition) is 1. The summed E-state index contributed by atoms with van der Waals surface area (Å²) in [4.78, 5) is 0. The van der Waals surface area contributed by atoms with E-state index < -0.39 is 6.17 Å². The van der Waals surface area contributed by atoms with Crippen LogP contribution < -0.4 is 5.73 Å². The van der Waals surface area contributed by atoms with Crippen LogP contribution in [-0.4, -0.2) is 19.3 Å². The Morgan fingerprint density at radius 2 is 2.00 bits per heavy atom. The SMILES string of the molecule is NC[C@@H](F)CCOCc1ccccc1. The Balaban J connectivity index is 2.10. The molecule has 0 aliphatic rings. The van der Waals surface area contributed by atoms with Crippen molar-refractivity contribution in [1.82, 2.24) is 0 Å². The molecule has 14 heavy (non-hydrogen) atoms. The Hall–Kier alpha value is -0.930. The minimum Gasteiger partial charge on any atom is -0.377 e. The van der Waals surface area contributed by atoms with Crippen molar-refractivity contribution >= 4 is 0 Å². The van der Waals surface area contributed by atoms with Crippen molar-refractivity contribution in [2.24, 2.45) is 5.73 Å². The monoisotopic (exact) mass is 197 g/mol. The third kappa shape index (κ3) is 4.35. The van der Waals surface area contributed by atoms with Gasteiger partial charge in [-0.1, -0.05) is 30.3 Å². The lowest BCUT2D eigenvalue weighted by molar-refractivity contribution is 0.101. The summed E-state index contributed by atoms with van der Waals surface area (Å²) < 4.78 is 17.9. The van der Waals surface area contributed by atoms with Crippen molar-refractivity contribution in [2.75, 3.05) is 13.2 Å². The molecule has 0 fully saturated rings. The van der Waals surface area contributed by atoms with E-state index in [2.05, 4.69) is 0 Å². The van der Waals surface area contributed by atoms with Gasteiger partial charge in [-0.05, 0) is 5.56 Å². The fourth-order valence-electron chi connectivity index (χ4n) is 1.09. The molecule has 0 aliphatic carbocycles. The van der Waals surface area contributed by atoms with Gasteiger partial charge in [0.15, 0.2) is 0 Å². The highest BCUT2D eigenvalue weighted by molar-refractivity contribution is 5.13. The first-order valence-corrected chi connectivity index (χ1v) is 4.78. The molecule has 0 bridgehead atoms. The standard InChI is InChI=1S/C11H16FNO/c12-11(8-13)6-7-14-9-10-4-2-1-3-5-10/h1-5,11H,6-9,13H2/t11-/m0/s1. The molecule has 0 heterocycles. The predicted molar refractivity (Wildman–Crippen MR) is 54.7 cm³/mol. The second-order valence-electron chi connectivity index (χ2n) is 3.16. The van der Waals surface area contributed by atoms with E-state index in [-0.39, 0.29) is 6.54 Å². The highest BCUT2D eigenvalue weighted by Gasteiger charge is 2.02. The number of halogens is 1. The van der Waals surface area contributed by atoms with E-state index in [0.717, 1.165) is 5.56 Å². The highest BCUT2D eigenvalue weighted by atomic mass is 19.1. The maximum absolute atomic E-state index is 12.7. The van der Waals surface area contributed by atoms with Gasteiger partial charge in [0.1, 0.15) is 6.17 Å². The molecule has 0 spiro atoms. The van der Waals surface area contributed by atoms with Gasteiger partial charge in [-0.2, -0.15) is 0 Å². The van der Waals surface area contributed by atoms with E-state index in [0.29, 0.717) is 19.6 Å². The minimum absolute atomic E-state index is 0.0781. The third-order valence-electron chi connectivity index (χ3n) is 1.94. The molecule has 0 aliphatic heterocycles. The maximum atomic E-state index is 12.7. The zero-order valence-electron chi connectivity index (χ0n) is 8.16. The summed E-state index contributed by atoms with van der Waals surface area (Å²) in [6.45, 7) is 1.04. The summed E-state index contributed by atoms with van der Waals surface area (Å²) in [5, 5.41) is 0. The maximum Gasteiger partial charge on any atom is 0.114 e. The molecule has 0 saturated carbocycles. The predicted octanol–water partition coefficient (Wildman–Crippen LogP) is 1.89. The number of rotatable bonds is 6. The zero-order chi connectivity index (χ0) is 10.2. The van der Waals surface area contributed by atoms with Gasteiger partial charge in [0.05, 0.1) is 6.61 Å². The van der Waals surface area contributed by atoms with Crippen molar-refractivity contribution < 1.29 is 9.13 Å². The first kappa shape index (κ1) is 11.1. The number of hydrogen-bond acceptors (Lipinski definition) is 2. The molecule has 1 aromatic rings. The quantitative estimate of drug-likeness (QED) is 0.707. The number of benzene rings is 1. The largest absolute Gasteiger partial charge is 0.377 e. The Kier molecular flexibility index (Phi) is 5.19. The molecule has 0 aromatic heterocycles. The van der Waals surface area contributed by atoms with Gasteiger partial charge in [0.25, 0.3) is 0 Å². The van der Waals surface area contributed by atoms with E-state index in [1.54, 1.807) is 0 Å². The van der Waals surface area contributed by atoms with Crippen LogP contribution in [0.5, 0.6) is 0 Å². The number of alkyl halides is 1. The molecule has 2 nitrogen and oxygen atoms in total. The highest BCUT2D eigenvalue weighted by Crippen LogP contribution is 2.02. The molecule has 78 valence electrons. The average molecular weight is 197 g/mol. The fourth-order valence-corrected chi connectivity index (χ4v) is 1.09. The van der Waals surface area contributed by atoms with Crippen LogP contribution in [0.1, 0.15) is 12.0 Å². The summed E-state index contributed by atoms with van der Waals surface area (Å²) in [7, 11) is 0. The smallest absolute Gasteiger partial charge is 0.114 e. The Bertz CT molecular complexity index is 240. The van der Waals surface area contributed by atoms with Crippen molar-refractivity contribution in [2.45, 2.75) is 19.2 Å². The van der Waals surface area contributed by atoms with Gasteiger partial charge in [-0.3, -0.25) is 0 Å². The Labute approximate surface area is 83.9 Å². The molecule has 0 amide bonds. The summed E-state index contributed by atoms with van der Waals surface area (Å²) in [5.41, 5.74) is 6.24. The van der Waals surface area contributed by atoms with Crippen molar-refractivity contribution in [1.29, 1.82) is 0 Å². The molecule has 1 aromatic carbocycles. The first-order valence-electron chi connectivity index (χ1n) is 4.78. The summed E-state index contributed by atoms with van der Waals surface area (Å²) >= 11 is 0. The lowest BCUT2D eigenvalue weighted by Gasteiger charge is -2.06. The minimum atomic E-state index is -0.939. The van der Waals surface area contributed by atoms with Crippen molar-refractivity contribution in [3.63, 3.8) is 0 Å². The normalized spacial score (nSPS) is 12.7. The van der Waals surface area contributed by atoms with Crippen LogP contribution in [0.2, 0.25) is 0 Å². The van der Waals surface area contributed by atoms with E-state index in [9.17, 15) is 4.39 Å². The molecule has 1 rings (SSSR count). The molecule has 1 atom stereocenters. The van der Waals surface area contributed by atoms with Crippen LogP contribution in [0, 0.1) is 0 Å². The van der Waals surface area contributed by atoms with Gasteiger partial charge < -0.3 is 10.5 Å². The Morgan fingerprint density at radius 3 is 2.64 bits per heavy atom. The van der Waals surface area contributed by atoms with Crippen LogP contribution in [0.25, 0.3) is 0 Å². The third-order valence-corrected chi connectivity index (χ3v) is 1.94. The van der Waals surface area contributed by atoms with Gasteiger partial charge in [-0.15, -0.1) is 0 Å². The molecule has 0 radical (unpaired) electrons. The molecule has 3 heteroatoms. The number of ether oxygens (including phenoxy) is 1. The van der Waals surface area contributed by atoms with Crippen molar-refractivity contribution in [3.05, 3.63) is 35.9 Å². The van der Waals surface area contributed by atoms with E-state index in [4.69, 9.17) is 10.5 Å². The fraction of sp³-hybridized carbons (Fsp3) is 0.455. The summed E-state index contributed by atoms with van der Waals surface area (Å²) in [6, 6.07) is 9.83. The topological polar surface area (TPSA) is 35.2 Å². The Morgan fingerprint density at radius 1 is 1.29 bits per heavy atom. The van der Waals surface area contributed by atoms with E-state index in [1.807, 2.05) is 30.3 Å². The lowest BCUT2D eigenvalue weighted by Crippen LogP contribution is -2.17. The molecule has 2 N–H and O–H groups in total. The average Bonchev–Trinajstić information content (AvgIpc) is 2.25. The van der Waals surface area contributed by atoms with Crippen LogP contribution in [0.15, 0.2) is 30.3 Å². The van der Waals surface area contributed by atoms with Gasteiger partial charge in [-0.25, -0.2) is 4.39 Å². The zero-order valence-corrected chi connectivity index (χ0v) is 8.16. The second kappa shape index (κ2) is 6.51. The van der Waals surface area contributed by atoms with Gasteiger partial charge >= 0.3 is 0 Å². The molecular weight excluding hydrogens is 181 g/mol. The van der Waals surface area contributed by atoms with Crippen LogP contribution in [0.3, 0.4) is 0 Å². The van der Waals surface area contributed by atoms with Gasteiger partial charge in [0.2, 0.25) is 0 Å². The van der Waals surface area contributed by atoms with E-state index >= 15 is 0 Å². The van der Waals surface area contributed by atoms with E-state index in [1.165, 1.54) is 0 Å².